The predicted molar refractivity (Wildman–Crippen MR) is 82.6 cm³/mol. The van der Waals surface area contributed by atoms with Crippen molar-refractivity contribution in [2.24, 2.45) is 0 Å². The van der Waals surface area contributed by atoms with E-state index in [1.807, 2.05) is 13.1 Å². The monoisotopic (exact) mass is 314 g/mol. The molecule has 1 aromatic rings. The Labute approximate surface area is 125 Å². The van der Waals surface area contributed by atoms with Gasteiger partial charge in [0.1, 0.15) is 0 Å². The Kier molecular flexibility index (Phi) is 5.98. The summed E-state index contributed by atoms with van der Waals surface area (Å²) in [6.45, 7) is 11.4. The number of benzene rings is 1. The molecule has 1 unspecified atom stereocenters. The van der Waals surface area contributed by atoms with Crippen molar-refractivity contribution in [2.75, 3.05) is 0 Å². The summed E-state index contributed by atoms with van der Waals surface area (Å²) >= 11 is 0. The zero-order valence-electron chi connectivity index (χ0n) is 12.4. The van der Waals surface area contributed by atoms with Crippen molar-refractivity contribution in [2.45, 2.75) is 37.8 Å². The minimum absolute atomic E-state index is 0.397. The Morgan fingerprint density at radius 2 is 1.90 bits per heavy atom. The number of hydrogen-bond donors (Lipinski definition) is 0. The molecule has 1 atom stereocenters. The van der Waals surface area contributed by atoms with Gasteiger partial charge in [-0.1, -0.05) is 24.3 Å². The number of alkyl halides is 3. The van der Waals surface area contributed by atoms with Crippen molar-refractivity contribution in [1.29, 1.82) is 0 Å². The molecule has 1 nitrogen and oxygen atoms in total. The normalized spacial score (nSPS) is 13.8. The largest absolute Gasteiger partial charge is 0.416 e. The average molecular weight is 314 g/mol. The number of allylic oxidation sites excluding steroid dienone is 1. The van der Waals surface area contributed by atoms with Crippen molar-refractivity contribution in [3.63, 3.8) is 0 Å². The van der Waals surface area contributed by atoms with Gasteiger partial charge >= 0.3 is 6.18 Å². The lowest BCUT2D eigenvalue weighted by atomic mass is 10.0. The van der Waals surface area contributed by atoms with E-state index in [-0.39, 0.29) is 0 Å². The molecular weight excluding hydrogens is 293 g/mol. The van der Waals surface area contributed by atoms with Gasteiger partial charge in [0, 0.05) is 0 Å². The molecule has 1 rings (SSSR count). The Balaban J connectivity index is 3.06. The molecular formula is C16H21F3OSi. The standard InChI is InChI=1S/C16H21F3OSi/c1-5-8-15(20-21(3,4)11-6-2)13-9-7-10-14(12-13)16(17,18)19/h5-7,9-10,12,15H,1-2,8,11H2,3-4H3. The molecule has 21 heavy (non-hydrogen) atoms. The third-order valence-corrected chi connectivity index (χ3v) is 5.26. The van der Waals surface area contributed by atoms with Crippen molar-refractivity contribution in [3.8, 4) is 0 Å². The summed E-state index contributed by atoms with van der Waals surface area (Å²) in [5.74, 6) is 0. The second-order valence-corrected chi connectivity index (χ2v) is 9.67. The zero-order valence-corrected chi connectivity index (χ0v) is 13.4. The molecule has 5 heteroatoms. The second kappa shape index (κ2) is 7.09. The van der Waals surface area contributed by atoms with Crippen molar-refractivity contribution in [1.82, 2.24) is 0 Å². The van der Waals surface area contributed by atoms with E-state index in [1.54, 1.807) is 18.2 Å². The number of rotatable bonds is 7. The van der Waals surface area contributed by atoms with Crippen LogP contribution in [0.3, 0.4) is 0 Å². The van der Waals surface area contributed by atoms with E-state index in [0.717, 1.165) is 18.2 Å². The van der Waals surface area contributed by atoms with Crippen LogP contribution in [0.1, 0.15) is 23.7 Å². The molecule has 0 bridgehead atoms. The molecule has 1 aromatic carbocycles. The summed E-state index contributed by atoms with van der Waals surface area (Å²) in [5, 5.41) is 0. The van der Waals surface area contributed by atoms with Crippen LogP contribution in [-0.4, -0.2) is 8.32 Å². The molecule has 116 valence electrons. The first kappa shape index (κ1) is 17.7. The topological polar surface area (TPSA) is 9.23 Å². The van der Waals surface area contributed by atoms with Crippen LogP contribution < -0.4 is 0 Å². The number of hydrogen-bond acceptors (Lipinski definition) is 1. The van der Waals surface area contributed by atoms with Crippen molar-refractivity contribution >= 4 is 8.32 Å². The smallest absolute Gasteiger partial charge is 0.410 e. The van der Waals surface area contributed by atoms with Crippen LogP contribution in [0.5, 0.6) is 0 Å². The van der Waals surface area contributed by atoms with Gasteiger partial charge in [-0.3, -0.25) is 0 Å². The van der Waals surface area contributed by atoms with Crippen LogP contribution in [0.2, 0.25) is 19.1 Å². The van der Waals surface area contributed by atoms with Crippen molar-refractivity contribution in [3.05, 3.63) is 60.7 Å². The van der Waals surface area contributed by atoms with Crippen LogP contribution in [0.15, 0.2) is 49.6 Å². The van der Waals surface area contributed by atoms with Crippen LogP contribution >= 0.6 is 0 Å². The Morgan fingerprint density at radius 1 is 1.24 bits per heavy atom. The Hall–Kier alpha value is -1.33. The van der Waals surface area contributed by atoms with E-state index in [0.29, 0.717) is 12.0 Å². The fourth-order valence-corrected chi connectivity index (χ4v) is 3.89. The maximum Gasteiger partial charge on any atom is 0.416 e. The van der Waals surface area contributed by atoms with Gasteiger partial charge in [0.2, 0.25) is 0 Å². The minimum Gasteiger partial charge on any atom is -0.410 e. The summed E-state index contributed by atoms with van der Waals surface area (Å²) in [7, 11) is -2.00. The summed E-state index contributed by atoms with van der Waals surface area (Å²) in [6, 6.07) is 6.06. The van der Waals surface area contributed by atoms with Gasteiger partial charge in [-0.25, -0.2) is 0 Å². The van der Waals surface area contributed by atoms with Gasteiger partial charge in [0.05, 0.1) is 11.7 Å². The maximum atomic E-state index is 12.8. The van der Waals surface area contributed by atoms with E-state index in [2.05, 4.69) is 13.2 Å². The zero-order chi connectivity index (χ0) is 16.1. The first-order chi connectivity index (χ1) is 9.69. The van der Waals surface area contributed by atoms with E-state index in [4.69, 9.17) is 4.43 Å². The molecule has 0 amide bonds. The SMILES string of the molecule is C=CCC(O[Si](C)(C)CC=C)c1cccc(C(F)(F)F)c1. The van der Waals surface area contributed by atoms with Gasteiger partial charge in [-0.15, -0.1) is 13.2 Å². The first-order valence-electron chi connectivity index (χ1n) is 6.76. The molecule has 0 aromatic heterocycles. The highest BCUT2D eigenvalue weighted by molar-refractivity contribution is 6.71. The molecule has 0 saturated carbocycles. The van der Waals surface area contributed by atoms with Crippen molar-refractivity contribution < 1.29 is 17.6 Å². The lowest BCUT2D eigenvalue weighted by Gasteiger charge is -2.28. The highest BCUT2D eigenvalue weighted by Crippen LogP contribution is 2.33. The molecule has 0 aliphatic heterocycles. The Bertz CT molecular complexity index is 495. The van der Waals surface area contributed by atoms with Gasteiger partial charge in [0.15, 0.2) is 8.32 Å². The summed E-state index contributed by atoms with van der Waals surface area (Å²) in [4.78, 5) is 0. The number of halogens is 3. The molecule has 0 spiro atoms. The Morgan fingerprint density at radius 3 is 2.43 bits per heavy atom. The van der Waals surface area contributed by atoms with Gasteiger partial charge in [-0.05, 0) is 43.3 Å². The fraction of sp³-hybridized carbons (Fsp3) is 0.375. The third-order valence-electron chi connectivity index (χ3n) is 3.06. The third kappa shape index (κ3) is 5.51. The quantitative estimate of drug-likeness (QED) is 0.461. The lowest BCUT2D eigenvalue weighted by Crippen LogP contribution is -2.31. The fourth-order valence-electron chi connectivity index (χ4n) is 2.10. The lowest BCUT2D eigenvalue weighted by molar-refractivity contribution is -0.137. The molecule has 0 radical (unpaired) electrons. The second-order valence-electron chi connectivity index (χ2n) is 5.51. The maximum absolute atomic E-state index is 12.8. The highest BCUT2D eigenvalue weighted by Gasteiger charge is 2.32. The van der Waals surface area contributed by atoms with Gasteiger partial charge < -0.3 is 4.43 Å². The minimum atomic E-state index is -4.34. The van der Waals surface area contributed by atoms with Crippen LogP contribution in [0, 0.1) is 0 Å². The van der Waals surface area contributed by atoms with E-state index < -0.39 is 26.2 Å². The average Bonchev–Trinajstić information content (AvgIpc) is 2.37. The molecule has 0 aliphatic carbocycles. The highest BCUT2D eigenvalue weighted by atomic mass is 28.4. The molecule has 0 fully saturated rings. The predicted octanol–water partition coefficient (Wildman–Crippen LogP) is 5.73. The van der Waals surface area contributed by atoms with Crippen LogP contribution in [0.4, 0.5) is 13.2 Å². The molecule has 0 saturated heterocycles. The van der Waals surface area contributed by atoms with E-state index >= 15 is 0 Å². The molecule has 0 heterocycles. The first-order valence-corrected chi connectivity index (χ1v) is 9.88. The summed E-state index contributed by atoms with van der Waals surface area (Å²) in [5.41, 5.74) is -0.116. The van der Waals surface area contributed by atoms with Crippen LogP contribution in [-0.2, 0) is 10.6 Å². The van der Waals surface area contributed by atoms with Gasteiger partial charge in [0.25, 0.3) is 0 Å². The molecule has 0 aliphatic rings. The van der Waals surface area contributed by atoms with Gasteiger partial charge in [-0.2, -0.15) is 13.2 Å². The van der Waals surface area contributed by atoms with Crippen LogP contribution in [0.25, 0.3) is 0 Å². The summed E-state index contributed by atoms with van der Waals surface area (Å²) in [6.07, 6.45) is -0.795. The van der Waals surface area contributed by atoms with E-state index in [9.17, 15) is 13.2 Å². The van der Waals surface area contributed by atoms with E-state index in [1.165, 1.54) is 6.07 Å². The summed E-state index contributed by atoms with van der Waals surface area (Å²) < 4.78 is 44.5. The molecule has 0 N–H and O–H groups in total.